The molecule has 3 N–H and O–H groups in total. The molecular formula is C12H17BrN2O. The summed E-state index contributed by atoms with van der Waals surface area (Å²) in [5, 5.41) is 2.83. The molecule has 16 heavy (non-hydrogen) atoms. The maximum Gasteiger partial charge on any atom is 0.251 e. The monoisotopic (exact) mass is 284 g/mol. The fraction of sp³-hybridized carbons (Fsp3) is 0.417. The second-order valence-corrected chi connectivity index (χ2v) is 4.65. The number of rotatable bonds is 4. The van der Waals surface area contributed by atoms with Gasteiger partial charge in [0.1, 0.15) is 0 Å². The number of hydrogen-bond acceptors (Lipinski definition) is 2. The highest BCUT2D eigenvalue weighted by atomic mass is 79.9. The number of nitrogens with two attached hydrogens (primary N) is 1. The average molecular weight is 285 g/mol. The Morgan fingerprint density at radius 3 is 2.88 bits per heavy atom. The van der Waals surface area contributed by atoms with Gasteiger partial charge in [0.05, 0.1) is 0 Å². The quantitative estimate of drug-likeness (QED) is 0.891. The summed E-state index contributed by atoms with van der Waals surface area (Å²) in [7, 11) is 0. The van der Waals surface area contributed by atoms with Crippen molar-refractivity contribution in [2.24, 2.45) is 5.73 Å². The van der Waals surface area contributed by atoms with E-state index in [1.165, 1.54) is 0 Å². The Labute approximate surface area is 105 Å². The molecule has 1 rings (SSSR count). The first-order valence-corrected chi connectivity index (χ1v) is 6.14. The van der Waals surface area contributed by atoms with Gasteiger partial charge in [-0.1, -0.05) is 28.9 Å². The molecule has 4 heteroatoms. The van der Waals surface area contributed by atoms with E-state index in [4.69, 9.17) is 5.73 Å². The average Bonchev–Trinajstić information content (AvgIpc) is 2.29. The van der Waals surface area contributed by atoms with Crippen molar-refractivity contribution in [3.63, 3.8) is 0 Å². The number of hydrogen-bond donors (Lipinski definition) is 2. The molecule has 0 aliphatic rings. The van der Waals surface area contributed by atoms with Gasteiger partial charge in [-0.15, -0.1) is 0 Å². The van der Waals surface area contributed by atoms with Crippen LogP contribution in [-0.4, -0.2) is 18.5 Å². The number of benzene rings is 1. The minimum atomic E-state index is -0.0669. The zero-order valence-corrected chi connectivity index (χ0v) is 11.2. The Balaban J connectivity index is 2.70. The van der Waals surface area contributed by atoms with Gasteiger partial charge in [-0.25, -0.2) is 0 Å². The van der Waals surface area contributed by atoms with Crippen LogP contribution in [0, 0.1) is 6.92 Å². The summed E-state index contributed by atoms with van der Waals surface area (Å²) in [4.78, 5) is 11.9. The maximum atomic E-state index is 11.9. The minimum Gasteiger partial charge on any atom is -0.350 e. The van der Waals surface area contributed by atoms with Crippen LogP contribution in [0.1, 0.15) is 29.3 Å². The predicted molar refractivity (Wildman–Crippen MR) is 69.5 cm³/mol. The Morgan fingerprint density at radius 1 is 1.56 bits per heavy atom. The molecule has 1 atom stereocenters. The largest absolute Gasteiger partial charge is 0.350 e. The molecule has 0 radical (unpaired) electrons. The van der Waals surface area contributed by atoms with Crippen molar-refractivity contribution >= 4 is 21.8 Å². The van der Waals surface area contributed by atoms with Gasteiger partial charge < -0.3 is 11.1 Å². The Kier molecular flexibility index (Phi) is 4.96. The summed E-state index contributed by atoms with van der Waals surface area (Å²) in [6.45, 7) is 4.43. The first-order chi connectivity index (χ1) is 7.56. The van der Waals surface area contributed by atoms with Crippen LogP contribution >= 0.6 is 15.9 Å². The third kappa shape index (κ3) is 3.32. The van der Waals surface area contributed by atoms with Crippen LogP contribution in [0.5, 0.6) is 0 Å². The SMILES string of the molecule is CCC(N)CNC(=O)c1cccc(Br)c1C. The maximum absolute atomic E-state index is 11.9. The van der Waals surface area contributed by atoms with Crippen LogP contribution in [0.2, 0.25) is 0 Å². The lowest BCUT2D eigenvalue weighted by molar-refractivity contribution is 0.0950. The first kappa shape index (κ1) is 13.2. The van der Waals surface area contributed by atoms with Gasteiger partial charge in [0.2, 0.25) is 0 Å². The van der Waals surface area contributed by atoms with Crippen LogP contribution in [0.4, 0.5) is 0 Å². The molecule has 0 saturated heterocycles. The summed E-state index contributed by atoms with van der Waals surface area (Å²) in [5.74, 6) is -0.0669. The standard InChI is InChI=1S/C12H17BrN2O/c1-3-9(14)7-15-12(16)10-5-4-6-11(13)8(10)2/h4-6,9H,3,7,14H2,1-2H3,(H,15,16). The molecule has 3 nitrogen and oxygen atoms in total. The number of halogens is 1. The van der Waals surface area contributed by atoms with Crippen molar-refractivity contribution in [3.8, 4) is 0 Å². The van der Waals surface area contributed by atoms with Crippen LogP contribution in [0.3, 0.4) is 0 Å². The molecular weight excluding hydrogens is 268 g/mol. The van der Waals surface area contributed by atoms with Crippen LogP contribution in [-0.2, 0) is 0 Å². The summed E-state index contributed by atoms with van der Waals surface area (Å²) < 4.78 is 0.944. The Hall–Kier alpha value is -0.870. The smallest absolute Gasteiger partial charge is 0.251 e. The molecule has 0 saturated carbocycles. The molecule has 0 aliphatic carbocycles. The predicted octanol–water partition coefficient (Wildman–Crippen LogP) is 2.22. The van der Waals surface area contributed by atoms with Crippen molar-refractivity contribution in [1.82, 2.24) is 5.32 Å². The molecule has 0 aliphatic heterocycles. The van der Waals surface area contributed by atoms with Crippen LogP contribution < -0.4 is 11.1 Å². The summed E-state index contributed by atoms with van der Waals surface area (Å²) in [6, 6.07) is 5.61. The summed E-state index contributed by atoms with van der Waals surface area (Å²) in [6.07, 6.45) is 0.859. The molecule has 0 fully saturated rings. The second-order valence-electron chi connectivity index (χ2n) is 3.79. The van der Waals surface area contributed by atoms with Gasteiger partial charge in [-0.3, -0.25) is 4.79 Å². The fourth-order valence-electron chi connectivity index (χ4n) is 1.32. The first-order valence-electron chi connectivity index (χ1n) is 5.35. The van der Waals surface area contributed by atoms with Gasteiger partial charge in [0, 0.05) is 22.6 Å². The van der Waals surface area contributed by atoms with Crippen molar-refractivity contribution in [3.05, 3.63) is 33.8 Å². The third-order valence-electron chi connectivity index (χ3n) is 2.56. The van der Waals surface area contributed by atoms with Crippen molar-refractivity contribution in [2.45, 2.75) is 26.3 Å². The molecule has 1 unspecified atom stereocenters. The van der Waals surface area contributed by atoms with E-state index in [1.54, 1.807) is 0 Å². The highest BCUT2D eigenvalue weighted by Crippen LogP contribution is 2.19. The molecule has 0 spiro atoms. The van der Waals surface area contributed by atoms with Crippen molar-refractivity contribution < 1.29 is 4.79 Å². The topological polar surface area (TPSA) is 55.1 Å². The fourth-order valence-corrected chi connectivity index (χ4v) is 1.68. The molecule has 0 heterocycles. The van der Waals surface area contributed by atoms with Crippen molar-refractivity contribution in [1.29, 1.82) is 0 Å². The van der Waals surface area contributed by atoms with Gasteiger partial charge in [0.15, 0.2) is 0 Å². The molecule has 0 aromatic heterocycles. The molecule has 1 amide bonds. The molecule has 88 valence electrons. The second kappa shape index (κ2) is 6.01. The summed E-state index contributed by atoms with van der Waals surface area (Å²) >= 11 is 3.40. The number of nitrogens with one attached hydrogen (secondary N) is 1. The summed E-state index contributed by atoms with van der Waals surface area (Å²) in [5.41, 5.74) is 7.38. The molecule has 0 bridgehead atoms. The van der Waals surface area contributed by atoms with E-state index in [-0.39, 0.29) is 11.9 Å². The van der Waals surface area contributed by atoms with E-state index in [0.717, 1.165) is 16.5 Å². The lowest BCUT2D eigenvalue weighted by atomic mass is 10.1. The molecule has 1 aromatic carbocycles. The highest BCUT2D eigenvalue weighted by Gasteiger charge is 2.10. The zero-order valence-electron chi connectivity index (χ0n) is 9.59. The van der Waals surface area contributed by atoms with E-state index >= 15 is 0 Å². The van der Waals surface area contributed by atoms with Gasteiger partial charge in [0.25, 0.3) is 5.91 Å². The number of carbonyl (C=O) groups is 1. The van der Waals surface area contributed by atoms with Gasteiger partial charge in [-0.05, 0) is 31.0 Å². The Bertz CT molecular complexity index is 379. The van der Waals surface area contributed by atoms with Crippen molar-refractivity contribution in [2.75, 3.05) is 6.54 Å². The minimum absolute atomic E-state index is 0.0245. The highest BCUT2D eigenvalue weighted by molar-refractivity contribution is 9.10. The van der Waals surface area contributed by atoms with E-state index in [1.807, 2.05) is 32.0 Å². The van der Waals surface area contributed by atoms with E-state index in [0.29, 0.717) is 12.1 Å². The zero-order chi connectivity index (χ0) is 12.1. The van der Waals surface area contributed by atoms with E-state index in [9.17, 15) is 4.79 Å². The van der Waals surface area contributed by atoms with E-state index < -0.39 is 0 Å². The normalized spacial score (nSPS) is 12.2. The van der Waals surface area contributed by atoms with Gasteiger partial charge >= 0.3 is 0 Å². The van der Waals surface area contributed by atoms with E-state index in [2.05, 4.69) is 21.2 Å². The lowest BCUT2D eigenvalue weighted by Crippen LogP contribution is -2.36. The number of amides is 1. The van der Waals surface area contributed by atoms with Crippen LogP contribution in [0.25, 0.3) is 0 Å². The number of carbonyl (C=O) groups excluding carboxylic acids is 1. The van der Waals surface area contributed by atoms with Crippen LogP contribution in [0.15, 0.2) is 22.7 Å². The Morgan fingerprint density at radius 2 is 2.25 bits per heavy atom. The third-order valence-corrected chi connectivity index (χ3v) is 3.42. The lowest BCUT2D eigenvalue weighted by Gasteiger charge is -2.12. The molecule has 1 aromatic rings. The van der Waals surface area contributed by atoms with Gasteiger partial charge in [-0.2, -0.15) is 0 Å².